The van der Waals surface area contributed by atoms with E-state index in [2.05, 4.69) is 4.98 Å². The maximum absolute atomic E-state index is 12.2. The Labute approximate surface area is 126 Å². The van der Waals surface area contributed by atoms with Crippen molar-refractivity contribution < 1.29 is 9.53 Å². The quantitative estimate of drug-likeness (QED) is 0.677. The minimum absolute atomic E-state index is 0.241. The van der Waals surface area contributed by atoms with Crippen LogP contribution in [0, 0.1) is 6.92 Å². The Kier molecular flexibility index (Phi) is 5.03. The van der Waals surface area contributed by atoms with Gasteiger partial charge in [0.1, 0.15) is 5.25 Å². The molecule has 0 aliphatic heterocycles. The fourth-order valence-electron chi connectivity index (χ4n) is 1.72. The molecule has 1 aromatic heterocycles. The molecule has 2 N–H and O–H groups in total. The first kappa shape index (κ1) is 14.9. The molecule has 20 heavy (non-hydrogen) atoms. The summed E-state index contributed by atoms with van der Waals surface area (Å²) in [6.07, 6.45) is 0. The van der Waals surface area contributed by atoms with Gasteiger partial charge in [-0.05, 0) is 19.4 Å². The Hall–Kier alpha value is -1.53. The van der Waals surface area contributed by atoms with Gasteiger partial charge in [0.25, 0.3) is 0 Å². The maximum atomic E-state index is 12.2. The number of anilines is 1. The van der Waals surface area contributed by atoms with E-state index in [0.29, 0.717) is 11.7 Å². The van der Waals surface area contributed by atoms with Crippen LogP contribution in [0.2, 0.25) is 0 Å². The summed E-state index contributed by atoms with van der Waals surface area (Å²) < 4.78 is 6.12. The van der Waals surface area contributed by atoms with Crippen LogP contribution < -0.4 is 5.73 Å². The molecule has 0 spiro atoms. The summed E-state index contributed by atoms with van der Waals surface area (Å²) in [4.78, 5) is 16.4. The highest BCUT2D eigenvalue weighted by molar-refractivity contribution is 8.02. The van der Waals surface area contributed by atoms with Crippen LogP contribution in [0.15, 0.2) is 34.5 Å². The van der Waals surface area contributed by atoms with Gasteiger partial charge in [0.2, 0.25) is 0 Å². The van der Waals surface area contributed by atoms with Gasteiger partial charge in [0.15, 0.2) is 5.13 Å². The van der Waals surface area contributed by atoms with Crippen molar-refractivity contribution in [2.45, 2.75) is 23.3 Å². The van der Waals surface area contributed by atoms with E-state index >= 15 is 0 Å². The van der Waals surface area contributed by atoms with E-state index in [1.807, 2.05) is 37.3 Å². The molecule has 0 aliphatic rings. The maximum Gasteiger partial charge on any atom is 0.323 e. The monoisotopic (exact) mass is 308 g/mol. The SMILES string of the molecule is CCOC(=O)C(Sc1sc(N)nc1C)c1ccccc1. The van der Waals surface area contributed by atoms with E-state index in [1.54, 1.807) is 6.92 Å². The van der Waals surface area contributed by atoms with Crippen molar-refractivity contribution in [3.63, 3.8) is 0 Å². The fraction of sp³-hybridized carbons (Fsp3) is 0.286. The molecule has 0 saturated heterocycles. The third-order valence-corrected chi connectivity index (χ3v) is 5.13. The summed E-state index contributed by atoms with van der Waals surface area (Å²) in [5.74, 6) is -0.241. The number of nitrogens with zero attached hydrogens (tertiary/aromatic N) is 1. The minimum atomic E-state index is -0.394. The van der Waals surface area contributed by atoms with Gasteiger partial charge in [-0.1, -0.05) is 53.4 Å². The Bertz CT molecular complexity index is 584. The predicted molar refractivity (Wildman–Crippen MR) is 82.9 cm³/mol. The summed E-state index contributed by atoms with van der Waals surface area (Å²) in [5.41, 5.74) is 7.48. The highest BCUT2D eigenvalue weighted by Gasteiger charge is 2.25. The van der Waals surface area contributed by atoms with Gasteiger partial charge >= 0.3 is 5.97 Å². The number of aromatic nitrogens is 1. The van der Waals surface area contributed by atoms with Crippen LogP contribution >= 0.6 is 23.1 Å². The second kappa shape index (κ2) is 6.76. The van der Waals surface area contributed by atoms with Crippen LogP contribution in [0.1, 0.15) is 23.4 Å². The van der Waals surface area contributed by atoms with Gasteiger partial charge < -0.3 is 10.5 Å². The topological polar surface area (TPSA) is 65.2 Å². The molecule has 2 aromatic rings. The number of nitrogens with two attached hydrogens (primary N) is 1. The molecule has 0 saturated carbocycles. The Morgan fingerprint density at radius 2 is 2.15 bits per heavy atom. The highest BCUT2D eigenvalue weighted by Crippen LogP contribution is 2.41. The van der Waals surface area contributed by atoms with Gasteiger partial charge in [0, 0.05) is 0 Å². The number of ether oxygens (including phenoxy) is 1. The van der Waals surface area contributed by atoms with E-state index < -0.39 is 5.25 Å². The lowest BCUT2D eigenvalue weighted by Gasteiger charge is -2.14. The number of benzene rings is 1. The van der Waals surface area contributed by atoms with Crippen LogP contribution in [0.4, 0.5) is 5.13 Å². The lowest BCUT2D eigenvalue weighted by atomic mass is 10.1. The van der Waals surface area contributed by atoms with Crippen LogP contribution in [0.25, 0.3) is 0 Å². The van der Waals surface area contributed by atoms with Crippen LogP contribution in [0.5, 0.6) is 0 Å². The van der Waals surface area contributed by atoms with Gasteiger partial charge in [0.05, 0.1) is 16.5 Å². The summed E-state index contributed by atoms with van der Waals surface area (Å²) in [6, 6.07) is 9.60. The number of hydrogen-bond acceptors (Lipinski definition) is 6. The zero-order valence-corrected chi connectivity index (χ0v) is 13.0. The molecule has 0 aliphatic carbocycles. The summed E-state index contributed by atoms with van der Waals surface area (Å²) in [7, 11) is 0. The first-order chi connectivity index (χ1) is 9.61. The fourth-order valence-corrected chi connectivity index (χ4v) is 3.91. The molecule has 1 unspecified atom stereocenters. The van der Waals surface area contributed by atoms with E-state index in [-0.39, 0.29) is 5.97 Å². The number of carbonyl (C=O) groups excluding carboxylic acids is 1. The standard InChI is InChI=1S/C14H16N2O2S2/c1-3-18-12(17)11(10-7-5-4-6-8-10)19-13-9(2)16-14(15)20-13/h4-8,11H,3H2,1-2H3,(H2,15,16). The first-order valence-electron chi connectivity index (χ1n) is 6.23. The molecule has 0 radical (unpaired) electrons. The Morgan fingerprint density at radius 3 is 2.70 bits per heavy atom. The van der Waals surface area contributed by atoms with Crippen molar-refractivity contribution in [1.82, 2.24) is 4.98 Å². The average Bonchev–Trinajstić information content (AvgIpc) is 2.75. The number of aryl methyl sites for hydroxylation is 1. The second-order valence-electron chi connectivity index (χ2n) is 4.09. The van der Waals surface area contributed by atoms with Crippen molar-refractivity contribution in [3.05, 3.63) is 41.6 Å². The molecule has 0 fully saturated rings. The number of thiazole rings is 1. The molecule has 1 atom stereocenters. The van der Waals surface area contributed by atoms with Gasteiger partial charge in [-0.15, -0.1) is 0 Å². The molecular weight excluding hydrogens is 292 g/mol. The number of rotatable bonds is 5. The molecule has 1 heterocycles. The van der Waals surface area contributed by atoms with Gasteiger partial charge in [-0.2, -0.15) is 0 Å². The number of esters is 1. The predicted octanol–water partition coefficient (Wildman–Crippen LogP) is 3.43. The van der Waals surface area contributed by atoms with E-state index in [1.165, 1.54) is 23.1 Å². The smallest absolute Gasteiger partial charge is 0.323 e. The molecule has 6 heteroatoms. The summed E-state index contributed by atoms with van der Waals surface area (Å²) in [6.45, 7) is 4.06. The molecule has 0 bridgehead atoms. The highest BCUT2D eigenvalue weighted by atomic mass is 32.2. The normalized spacial score (nSPS) is 12.1. The second-order valence-corrected chi connectivity index (χ2v) is 6.49. The Morgan fingerprint density at radius 1 is 1.45 bits per heavy atom. The molecule has 1 aromatic carbocycles. The molecule has 106 valence electrons. The molecule has 2 rings (SSSR count). The molecular formula is C14H16N2O2S2. The number of thioether (sulfide) groups is 1. The third-order valence-electron chi connectivity index (χ3n) is 2.60. The van der Waals surface area contributed by atoms with Crippen LogP contribution in [0.3, 0.4) is 0 Å². The third kappa shape index (κ3) is 3.52. The lowest BCUT2D eigenvalue weighted by molar-refractivity contribution is -0.142. The number of nitrogen functional groups attached to an aromatic ring is 1. The lowest BCUT2D eigenvalue weighted by Crippen LogP contribution is -2.13. The van der Waals surface area contributed by atoms with E-state index in [9.17, 15) is 4.79 Å². The van der Waals surface area contributed by atoms with Crippen LogP contribution in [-0.2, 0) is 9.53 Å². The van der Waals surface area contributed by atoms with Crippen molar-refractivity contribution in [3.8, 4) is 0 Å². The zero-order chi connectivity index (χ0) is 14.5. The van der Waals surface area contributed by atoms with Crippen LogP contribution in [-0.4, -0.2) is 17.6 Å². The molecule has 0 amide bonds. The molecule has 4 nitrogen and oxygen atoms in total. The van der Waals surface area contributed by atoms with E-state index in [4.69, 9.17) is 10.5 Å². The summed E-state index contributed by atoms with van der Waals surface area (Å²) in [5, 5.41) is 0.121. The largest absolute Gasteiger partial charge is 0.465 e. The zero-order valence-electron chi connectivity index (χ0n) is 11.3. The van der Waals surface area contributed by atoms with Crippen molar-refractivity contribution >= 4 is 34.2 Å². The van der Waals surface area contributed by atoms with Crippen molar-refractivity contribution in [1.29, 1.82) is 0 Å². The van der Waals surface area contributed by atoms with Crippen molar-refractivity contribution in [2.75, 3.05) is 12.3 Å². The summed E-state index contributed by atoms with van der Waals surface area (Å²) >= 11 is 2.83. The first-order valence-corrected chi connectivity index (χ1v) is 7.92. The minimum Gasteiger partial charge on any atom is -0.465 e. The van der Waals surface area contributed by atoms with Gasteiger partial charge in [-0.3, -0.25) is 4.79 Å². The number of carbonyl (C=O) groups is 1. The van der Waals surface area contributed by atoms with E-state index in [0.717, 1.165) is 15.5 Å². The number of hydrogen-bond donors (Lipinski definition) is 1. The Balaban J connectivity index is 2.27. The van der Waals surface area contributed by atoms with Crippen molar-refractivity contribution in [2.24, 2.45) is 0 Å². The average molecular weight is 308 g/mol. The van der Waals surface area contributed by atoms with Gasteiger partial charge in [-0.25, -0.2) is 4.98 Å².